The van der Waals surface area contributed by atoms with Crippen molar-refractivity contribution in [2.75, 3.05) is 0 Å². The van der Waals surface area contributed by atoms with Gasteiger partial charge >= 0.3 is 179 Å². The molecule has 0 unspecified atom stereocenters. The third-order valence-electron chi connectivity index (χ3n) is 10.6. The summed E-state index contributed by atoms with van der Waals surface area (Å²) in [4.78, 5) is 0. The van der Waals surface area contributed by atoms with Gasteiger partial charge in [-0.2, -0.15) is 0 Å². The molecule has 0 fully saturated rings. The van der Waals surface area contributed by atoms with E-state index in [0.29, 0.717) is 23.0 Å². The van der Waals surface area contributed by atoms with Crippen LogP contribution in [0.1, 0.15) is 0 Å². The predicted molar refractivity (Wildman–Crippen MR) is 233 cm³/mol. The molecule has 270 valence electrons. The van der Waals surface area contributed by atoms with Crippen LogP contribution in [0.5, 0.6) is 23.0 Å². The van der Waals surface area contributed by atoms with Crippen LogP contribution in [0.3, 0.4) is 0 Å². The summed E-state index contributed by atoms with van der Waals surface area (Å²) in [6.07, 6.45) is 0. The van der Waals surface area contributed by atoms with Crippen LogP contribution in [0, 0.1) is 0 Å². The van der Waals surface area contributed by atoms with Crippen molar-refractivity contribution in [3.05, 3.63) is 224 Å². The Morgan fingerprint density at radius 1 is 0.268 bits per heavy atom. The van der Waals surface area contributed by atoms with Crippen LogP contribution in [0.15, 0.2) is 224 Å². The average molecular weight is 761 g/mol. The Morgan fingerprint density at radius 3 is 0.768 bits per heavy atom. The van der Waals surface area contributed by atoms with Crippen LogP contribution in [-0.4, -0.2) is 8.33 Å². The van der Waals surface area contributed by atoms with Crippen LogP contribution in [-0.2, 0) is 0 Å². The maximum atomic E-state index is 6.63. The minimum atomic E-state index is -4.54. The van der Waals surface area contributed by atoms with Gasteiger partial charge in [-0.3, -0.25) is 0 Å². The van der Waals surface area contributed by atoms with Crippen LogP contribution in [0.25, 0.3) is 21.5 Å². The van der Waals surface area contributed by atoms with Gasteiger partial charge in [-0.05, 0) is 48.5 Å². The Kier molecular flexibility index (Phi) is 8.21. The third-order valence-corrected chi connectivity index (χ3v) is 18.4. The van der Waals surface area contributed by atoms with E-state index in [4.69, 9.17) is 17.7 Å². The SMILES string of the molecule is c1ccc([P+](c2ccccc2)(c2ccccc2)c2ccccc2)cc1.c1ccc([Si-]23(Oc4cc5ccccc5cc4O2)Oc2cc4ccccc4cc2O3)cc1. The molecule has 9 aromatic carbocycles. The first-order valence-electron chi connectivity index (χ1n) is 18.8. The molecule has 2 heterocycles. The van der Waals surface area contributed by atoms with E-state index in [1.54, 1.807) is 0 Å². The van der Waals surface area contributed by atoms with Crippen LogP contribution < -0.4 is 44.1 Å². The van der Waals surface area contributed by atoms with Gasteiger partial charge in [0.2, 0.25) is 0 Å². The van der Waals surface area contributed by atoms with Crippen molar-refractivity contribution < 1.29 is 17.7 Å². The van der Waals surface area contributed by atoms with Crippen LogP contribution >= 0.6 is 7.26 Å². The van der Waals surface area contributed by atoms with E-state index in [1.165, 1.54) is 21.2 Å². The summed E-state index contributed by atoms with van der Waals surface area (Å²) in [6.45, 7) is 0. The molecule has 6 heteroatoms. The van der Waals surface area contributed by atoms with Crippen LogP contribution in [0.2, 0.25) is 0 Å². The summed E-state index contributed by atoms with van der Waals surface area (Å²) in [5.74, 6) is 2.53. The second-order valence-corrected chi connectivity index (χ2v) is 20.6. The van der Waals surface area contributed by atoms with Crippen molar-refractivity contribution in [1.82, 2.24) is 0 Å². The van der Waals surface area contributed by atoms with Gasteiger partial charge in [0, 0.05) is 0 Å². The number of benzene rings is 9. The normalized spacial score (nSPS) is 15.0. The molecule has 11 rings (SSSR count). The summed E-state index contributed by atoms with van der Waals surface area (Å²) in [7, 11) is -6.44. The Hall–Kier alpha value is -6.65. The standard InChI is InChI=1S/C26H17O4Si.C24H20P/c1-2-12-22(13-3-1)31(27-23-14-18-8-4-5-9-19(18)15-24(23)28-31)29-25-16-20-10-6-7-11-21(20)17-26(25)30-31;1-5-13-21(14-6-1)25(22-15-7-2-8-16-22,23-17-9-3-10-18-23)24-19-11-4-12-20-24/h1-17H;1-20H/q-1;+1. The van der Waals surface area contributed by atoms with E-state index in [9.17, 15) is 0 Å². The van der Waals surface area contributed by atoms with E-state index in [2.05, 4.69) is 146 Å². The van der Waals surface area contributed by atoms with Gasteiger partial charge in [0.1, 0.15) is 28.5 Å². The molecule has 0 N–H and O–H groups in total. The van der Waals surface area contributed by atoms with Crippen molar-refractivity contribution in [3.8, 4) is 23.0 Å². The Bertz CT molecular complexity index is 2460. The van der Waals surface area contributed by atoms with Crippen LogP contribution in [0.4, 0.5) is 0 Å². The number of fused-ring (bicyclic) bond motifs is 4. The van der Waals surface area contributed by atoms with E-state index < -0.39 is 15.6 Å². The second kappa shape index (κ2) is 13.6. The van der Waals surface area contributed by atoms with Crippen molar-refractivity contribution in [2.45, 2.75) is 0 Å². The third kappa shape index (κ3) is 5.55. The van der Waals surface area contributed by atoms with Crippen molar-refractivity contribution in [1.29, 1.82) is 0 Å². The van der Waals surface area contributed by atoms with E-state index in [-0.39, 0.29) is 0 Å². The van der Waals surface area contributed by atoms with Gasteiger partial charge in [0.05, 0.1) is 0 Å². The van der Waals surface area contributed by atoms with E-state index in [0.717, 1.165) is 26.7 Å². The summed E-state index contributed by atoms with van der Waals surface area (Å²) in [5.41, 5.74) is 0. The first-order valence-corrected chi connectivity index (χ1v) is 22.7. The van der Waals surface area contributed by atoms with Crippen molar-refractivity contribution in [2.24, 2.45) is 0 Å². The molecule has 0 radical (unpaired) electrons. The quantitative estimate of drug-likeness (QED) is 0.129. The molecular weight excluding hydrogens is 724 g/mol. The molecule has 56 heavy (non-hydrogen) atoms. The molecule has 2 aliphatic heterocycles. The fourth-order valence-corrected chi connectivity index (χ4v) is 15.9. The molecule has 0 aliphatic carbocycles. The van der Waals surface area contributed by atoms with Gasteiger partial charge in [0.25, 0.3) is 0 Å². The van der Waals surface area contributed by atoms with E-state index >= 15 is 0 Å². The van der Waals surface area contributed by atoms with Crippen molar-refractivity contribution in [3.63, 3.8) is 0 Å². The summed E-state index contributed by atoms with van der Waals surface area (Å²) in [5, 5.41) is 10.6. The van der Waals surface area contributed by atoms with Gasteiger partial charge in [-0.15, -0.1) is 0 Å². The van der Waals surface area contributed by atoms with Gasteiger partial charge in [0.15, 0.2) is 0 Å². The zero-order valence-corrected chi connectivity index (χ0v) is 32.3. The fraction of sp³-hybridized carbons (Fsp3) is 0. The molecule has 9 aromatic rings. The van der Waals surface area contributed by atoms with Gasteiger partial charge < -0.3 is 0 Å². The summed E-state index contributed by atoms with van der Waals surface area (Å²) >= 11 is 0. The summed E-state index contributed by atoms with van der Waals surface area (Å²) in [6, 6.07) is 77.8. The van der Waals surface area contributed by atoms with E-state index in [1.807, 2.05) is 78.9 Å². The molecule has 0 saturated heterocycles. The minimum absolute atomic E-state index is 0.633. The molecule has 1 spiro atoms. The second-order valence-electron chi connectivity index (χ2n) is 14.0. The Balaban J connectivity index is 0.000000141. The molecule has 0 saturated carbocycles. The number of rotatable bonds is 5. The molecule has 4 nitrogen and oxygen atoms in total. The molecular formula is C50H37O4PSi. The molecule has 0 bridgehead atoms. The first-order chi connectivity index (χ1) is 27.6. The molecule has 0 amide bonds. The Morgan fingerprint density at radius 2 is 0.500 bits per heavy atom. The number of hydrogen-bond acceptors (Lipinski definition) is 4. The fourth-order valence-electron chi connectivity index (χ4n) is 8.05. The summed E-state index contributed by atoms with van der Waals surface area (Å²) < 4.78 is 26.5. The topological polar surface area (TPSA) is 36.9 Å². The predicted octanol–water partition coefficient (Wildman–Crippen LogP) is 9.84. The van der Waals surface area contributed by atoms with Crippen molar-refractivity contribution >= 4 is 63.5 Å². The molecule has 0 atom stereocenters. The molecule has 0 aromatic heterocycles. The number of hydrogen-bond donors (Lipinski definition) is 0. The van der Waals surface area contributed by atoms with Gasteiger partial charge in [-0.1, -0.05) is 72.8 Å². The molecule has 2 aliphatic rings. The zero-order chi connectivity index (χ0) is 37.4. The first kappa shape index (κ1) is 33.9. The average Bonchev–Trinajstić information content (AvgIpc) is 3.77. The monoisotopic (exact) mass is 760 g/mol. The maximum absolute atomic E-state index is 6.63. The van der Waals surface area contributed by atoms with Gasteiger partial charge in [-0.25, -0.2) is 0 Å². The zero-order valence-electron chi connectivity index (χ0n) is 30.4. The Labute approximate surface area is 327 Å².